The molecular weight excluding hydrogens is 331 g/mol. The van der Waals surface area contributed by atoms with E-state index in [1.165, 1.54) is 37.0 Å². The molecule has 1 saturated heterocycles. The summed E-state index contributed by atoms with van der Waals surface area (Å²) in [7, 11) is 0. The number of halogens is 1. The third-order valence-electron chi connectivity index (χ3n) is 4.79. The van der Waals surface area contributed by atoms with Crippen LogP contribution in [0.2, 0.25) is 0 Å². The molecule has 138 valence electrons. The zero-order chi connectivity index (χ0) is 18.4. The molecular formula is C21H25FN2O2. The van der Waals surface area contributed by atoms with Crippen molar-refractivity contribution in [3.8, 4) is 0 Å². The number of likely N-dealkylation sites (tertiary alicyclic amines) is 1. The average Bonchev–Trinajstić information content (AvgIpc) is 2.67. The molecule has 4 nitrogen and oxygen atoms in total. The first kappa shape index (κ1) is 18.5. The minimum Gasteiger partial charge on any atom is -0.386 e. The Morgan fingerprint density at radius 1 is 1.08 bits per heavy atom. The van der Waals surface area contributed by atoms with E-state index in [-0.39, 0.29) is 18.0 Å². The number of benzene rings is 2. The summed E-state index contributed by atoms with van der Waals surface area (Å²) in [6.45, 7) is 3.15. The summed E-state index contributed by atoms with van der Waals surface area (Å²) in [6, 6.07) is 13.6. The maximum absolute atomic E-state index is 13.6. The number of nitrogens with one attached hydrogen (secondary N) is 1. The van der Waals surface area contributed by atoms with Gasteiger partial charge >= 0.3 is 0 Å². The zero-order valence-corrected chi connectivity index (χ0v) is 14.8. The number of rotatable bonds is 6. The van der Waals surface area contributed by atoms with Crippen LogP contribution in [0, 0.1) is 5.82 Å². The van der Waals surface area contributed by atoms with Gasteiger partial charge in [0.15, 0.2) is 0 Å². The van der Waals surface area contributed by atoms with Gasteiger partial charge in [-0.3, -0.25) is 9.69 Å². The zero-order valence-electron chi connectivity index (χ0n) is 14.8. The van der Waals surface area contributed by atoms with Gasteiger partial charge in [0.25, 0.3) is 5.91 Å². The van der Waals surface area contributed by atoms with Crippen molar-refractivity contribution >= 4 is 5.91 Å². The van der Waals surface area contributed by atoms with Crippen molar-refractivity contribution in [1.82, 2.24) is 10.2 Å². The highest BCUT2D eigenvalue weighted by Gasteiger charge is 2.15. The molecule has 5 heteroatoms. The van der Waals surface area contributed by atoms with Crippen molar-refractivity contribution in [3.05, 3.63) is 71.0 Å². The Bertz CT molecular complexity index is 727. The lowest BCUT2D eigenvalue weighted by molar-refractivity contribution is 0.0914. The van der Waals surface area contributed by atoms with E-state index in [0.29, 0.717) is 5.56 Å². The summed E-state index contributed by atoms with van der Waals surface area (Å²) in [5.74, 6) is -0.749. The molecule has 2 aromatic carbocycles. The quantitative estimate of drug-likeness (QED) is 0.835. The lowest BCUT2D eigenvalue weighted by Gasteiger charge is -2.26. The number of piperidine rings is 1. The van der Waals surface area contributed by atoms with Crippen LogP contribution in [0.15, 0.2) is 48.5 Å². The molecule has 3 rings (SSSR count). The molecule has 1 aliphatic heterocycles. The first-order valence-electron chi connectivity index (χ1n) is 9.15. The third-order valence-corrected chi connectivity index (χ3v) is 4.79. The van der Waals surface area contributed by atoms with Gasteiger partial charge in [-0.25, -0.2) is 4.39 Å². The van der Waals surface area contributed by atoms with E-state index in [0.717, 1.165) is 19.6 Å². The first-order valence-corrected chi connectivity index (χ1v) is 9.15. The standard InChI is InChI=1S/C21H25FN2O2/c22-19-7-3-2-6-18(19)20(25)14-23-21(26)17-10-8-16(9-11-17)15-24-12-4-1-5-13-24/h2-3,6-11,20,25H,1,4-5,12-15H2,(H,23,26)/t20-/m1/s1. The molecule has 1 atom stereocenters. The van der Waals surface area contributed by atoms with Gasteiger partial charge in [0.05, 0.1) is 6.10 Å². The van der Waals surface area contributed by atoms with Crippen LogP contribution in [0.3, 0.4) is 0 Å². The summed E-state index contributed by atoms with van der Waals surface area (Å²) in [5, 5.41) is 12.7. The fourth-order valence-corrected chi connectivity index (χ4v) is 3.28. The van der Waals surface area contributed by atoms with Gasteiger partial charge in [0, 0.05) is 24.2 Å². The molecule has 0 unspecified atom stereocenters. The average molecular weight is 356 g/mol. The van der Waals surface area contributed by atoms with Gasteiger partial charge in [-0.1, -0.05) is 36.8 Å². The first-order chi connectivity index (χ1) is 12.6. The van der Waals surface area contributed by atoms with E-state index in [2.05, 4.69) is 10.2 Å². The Morgan fingerprint density at radius 2 is 1.77 bits per heavy atom. The number of amides is 1. The number of aliphatic hydroxyl groups excluding tert-OH is 1. The second-order valence-electron chi connectivity index (χ2n) is 6.78. The van der Waals surface area contributed by atoms with E-state index >= 15 is 0 Å². The van der Waals surface area contributed by atoms with E-state index in [1.54, 1.807) is 24.3 Å². The third kappa shape index (κ3) is 4.90. The van der Waals surface area contributed by atoms with Crippen molar-refractivity contribution in [1.29, 1.82) is 0 Å². The molecule has 1 fully saturated rings. The van der Waals surface area contributed by atoms with Crippen molar-refractivity contribution in [2.24, 2.45) is 0 Å². The van der Waals surface area contributed by atoms with Crippen LogP contribution < -0.4 is 5.32 Å². The monoisotopic (exact) mass is 356 g/mol. The fraction of sp³-hybridized carbons (Fsp3) is 0.381. The molecule has 0 aliphatic carbocycles. The molecule has 1 amide bonds. The number of hydrogen-bond acceptors (Lipinski definition) is 3. The van der Waals surface area contributed by atoms with Crippen LogP contribution in [0.5, 0.6) is 0 Å². The predicted octanol–water partition coefficient (Wildman–Crippen LogP) is 3.28. The van der Waals surface area contributed by atoms with Crippen molar-refractivity contribution < 1.29 is 14.3 Å². The molecule has 0 aromatic heterocycles. The second-order valence-corrected chi connectivity index (χ2v) is 6.78. The predicted molar refractivity (Wildman–Crippen MR) is 99.3 cm³/mol. The molecule has 0 saturated carbocycles. The molecule has 1 heterocycles. The highest BCUT2D eigenvalue weighted by atomic mass is 19.1. The summed E-state index contributed by atoms with van der Waals surface area (Å²) in [5.41, 5.74) is 1.91. The molecule has 0 radical (unpaired) electrons. The maximum Gasteiger partial charge on any atom is 0.251 e. The summed E-state index contributed by atoms with van der Waals surface area (Å²) in [6.07, 6.45) is 2.75. The van der Waals surface area contributed by atoms with E-state index in [4.69, 9.17) is 0 Å². The van der Waals surface area contributed by atoms with Crippen LogP contribution in [0.1, 0.15) is 46.9 Å². The molecule has 0 bridgehead atoms. The van der Waals surface area contributed by atoms with E-state index < -0.39 is 11.9 Å². The minimum atomic E-state index is -1.07. The van der Waals surface area contributed by atoms with Gasteiger partial charge in [-0.15, -0.1) is 0 Å². The number of hydrogen-bond donors (Lipinski definition) is 2. The highest BCUT2D eigenvalue weighted by molar-refractivity contribution is 5.94. The van der Waals surface area contributed by atoms with Gasteiger partial charge in [-0.2, -0.15) is 0 Å². The number of carbonyl (C=O) groups excluding carboxylic acids is 1. The van der Waals surface area contributed by atoms with Gasteiger partial charge in [-0.05, 0) is 49.7 Å². The Balaban J connectivity index is 1.52. The lowest BCUT2D eigenvalue weighted by atomic mass is 10.1. The van der Waals surface area contributed by atoms with Crippen LogP contribution in [0.25, 0.3) is 0 Å². The van der Waals surface area contributed by atoms with Crippen LogP contribution in [0.4, 0.5) is 4.39 Å². The largest absolute Gasteiger partial charge is 0.386 e. The number of aliphatic hydroxyl groups is 1. The Kier molecular flexibility index (Phi) is 6.36. The molecule has 26 heavy (non-hydrogen) atoms. The minimum absolute atomic E-state index is 0.0324. The van der Waals surface area contributed by atoms with Crippen molar-refractivity contribution in [2.75, 3.05) is 19.6 Å². The van der Waals surface area contributed by atoms with Gasteiger partial charge in [0.1, 0.15) is 5.82 Å². The normalized spacial score (nSPS) is 16.2. The Labute approximate surface area is 153 Å². The van der Waals surface area contributed by atoms with E-state index in [1.807, 2.05) is 12.1 Å². The summed E-state index contributed by atoms with van der Waals surface area (Å²) >= 11 is 0. The number of nitrogens with zero attached hydrogens (tertiary/aromatic N) is 1. The maximum atomic E-state index is 13.6. The fourth-order valence-electron chi connectivity index (χ4n) is 3.28. The van der Waals surface area contributed by atoms with Crippen LogP contribution in [-0.2, 0) is 6.54 Å². The summed E-state index contributed by atoms with van der Waals surface area (Å²) in [4.78, 5) is 14.7. The summed E-state index contributed by atoms with van der Waals surface area (Å²) < 4.78 is 13.6. The topological polar surface area (TPSA) is 52.6 Å². The van der Waals surface area contributed by atoms with Crippen LogP contribution in [-0.4, -0.2) is 35.5 Å². The second kappa shape index (κ2) is 8.92. The SMILES string of the molecule is O=C(NC[C@@H](O)c1ccccc1F)c1ccc(CN2CCCCC2)cc1. The van der Waals surface area contributed by atoms with Crippen molar-refractivity contribution in [3.63, 3.8) is 0 Å². The molecule has 2 aromatic rings. The molecule has 0 spiro atoms. The highest BCUT2D eigenvalue weighted by Crippen LogP contribution is 2.16. The Hall–Kier alpha value is -2.24. The smallest absolute Gasteiger partial charge is 0.251 e. The Morgan fingerprint density at radius 3 is 2.46 bits per heavy atom. The van der Waals surface area contributed by atoms with Gasteiger partial charge in [0.2, 0.25) is 0 Å². The lowest BCUT2D eigenvalue weighted by Crippen LogP contribution is -2.29. The molecule has 1 aliphatic rings. The van der Waals surface area contributed by atoms with E-state index in [9.17, 15) is 14.3 Å². The van der Waals surface area contributed by atoms with Gasteiger partial charge < -0.3 is 10.4 Å². The molecule has 2 N–H and O–H groups in total. The van der Waals surface area contributed by atoms with Crippen LogP contribution >= 0.6 is 0 Å². The van der Waals surface area contributed by atoms with Crippen molar-refractivity contribution in [2.45, 2.75) is 31.9 Å². The number of carbonyl (C=O) groups is 1.